The Kier molecular flexibility index (Phi) is 3.53. The molecule has 0 amide bonds. The molecule has 0 radical (unpaired) electrons. The molecule has 0 aliphatic heterocycles. The summed E-state index contributed by atoms with van der Waals surface area (Å²) in [7, 11) is 0. The number of rotatable bonds is 3. The normalized spacial score (nSPS) is 36.8. The molecule has 0 aromatic heterocycles. The predicted molar refractivity (Wildman–Crippen MR) is 50.9 cm³/mol. The highest BCUT2D eigenvalue weighted by Crippen LogP contribution is 2.33. The van der Waals surface area contributed by atoms with Crippen LogP contribution in [-0.4, -0.2) is 17.3 Å². The molecule has 1 rings (SSSR count). The molecule has 12 heavy (non-hydrogen) atoms. The first-order chi connectivity index (χ1) is 5.64. The van der Waals surface area contributed by atoms with E-state index in [0.29, 0.717) is 0 Å². The SMILES string of the molecule is CC1(O)CCC(CCCN)CC1. The molecule has 0 atom stereocenters. The van der Waals surface area contributed by atoms with Gasteiger partial charge in [-0.2, -0.15) is 0 Å². The number of hydrogen-bond acceptors (Lipinski definition) is 2. The first-order valence-electron chi connectivity index (χ1n) is 5.06. The van der Waals surface area contributed by atoms with Crippen LogP contribution in [0.4, 0.5) is 0 Å². The summed E-state index contributed by atoms with van der Waals surface area (Å²) in [4.78, 5) is 0. The topological polar surface area (TPSA) is 46.2 Å². The van der Waals surface area contributed by atoms with E-state index in [0.717, 1.165) is 31.7 Å². The molecule has 0 aromatic carbocycles. The van der Waals surface area contributed by atoms with Gasteiger partial charge in [0.15, 0.2) is 0 Å². The van der Waals surface area contributed by atoms with Crippen LogP contribution in [-0.2, 0) is 0 Å². The van der Waals surface area contributed by atoms with E-state index in [9.17, 15) is 5.11 Å². The van der Waals surface area contributed by atoms with Crippen LogP contribution >= 0.6 is 0 Å². The summed E-state index contributed by atoms with van der Waals surface area (Å²) < 4.78 is 0. The third-order valence-electron chi connectivity index (χ3n) is 3.00. The summed E-state index contributed by atoms with van der Waals surface area (Å²) in [5, 5.41) is 9.69. The van der Waals surface area contributed by atoms with Gasteiger partial charge in [0, 0.05) is 0 Å². The van der Waals surface area contributed by atoms with E-state index in [2.05, 4.69) is 0 Å². The lowest BCUT2D eigenvalue weighted by atomic mass is 9.78. The monoisotopic (exact) mass is 171 g/mol. The van der Waals surface area contributed by atoms with E-state index in [1.54, 1.807) is 0 Å². The second-order valence-electron chi connectivity index (χ2n) is 4.37. The van der Waals surface area contributed by atoms with Crippen LogP contribution in [0.3, 0.4) is 0 Å². The van der Waals surface area contributed by atoms with Crippen LogP contribution in [0.15, 0.2) is 0 Å². The lowest BCUT2D eigenvalue weighted by Crippen LogP contribution is -2.30. The average Bonchev–Trinajstić information content (AvgIpc) is 2.03. The van der Waals surface area contributed by atoms with Crippen LogP contribution in [0.5, 0.6) is 0 Å². The maximum absolute atomic E-state index is 9.69. The molecule has 1 aliphatic rings. The zero-order valence-electron chi connectivity index (χ0n) is 8.05. The molecule has 1 fully saturated rings. The Morgan fingerprint density at radius 1 is 1.42 bits per heavy atom. The van der Waals surface area contributed by atoms with Crippen molar-refractivity contribution in [1.82, 2.24) is 0 Å². The van der Waals surface area contributed by atoms with Crippen molar-refractivity contribution >= 4 is 0 Å². The van der Waals surface area contributed by atoms with Crippen molar-refractivity contribution in [1.29, 1.82) is 0 Å². The molecule has 2 nitrogen and oxygen atoms in total. The highest BCUT2D eigenvalue weighted by molar-refractivity contribution is 4.81. The van der Waals surface area contributed by atoms with Gasteiger partial charge in [-0.15, -0.1) is 0 Å². The maximum atomic E-state index is 9.69. The molecule has 0 aromatic rings. The first-order valence-corrected chi connectivity index (χ1v) is 5.06. The Morgan fingerprint density at radius 3 is 2.50 bits per heavy atom. The molecule has 0 spiro atoms. The zero-order chi connectivity index (χ0) is 9.03. The highest BCUT2D eigenvalue weighted by atomic mass is 16.3. The Hall–Kier alpha value is -0.0800. The summed E-state index contributed by atoms with van der Waals surface area (Å²) in [6.07, 6.45) is 6.73. The number of hydrogen-bond donors (Lipinski definition) is 2. The van der Waals surface area contributed by atoms with Gasteiger partial charge in [-0.05, 0) is 57.9 Å². The summed E-state index contributed by atoms with van der Waals surface area (Å²) in [6, 6.07) is 0. The molecule has 2 heteroatoms. The second kappa shape index (κ2) is 4.24. The zero-order valence-corrected chi connectivity index (χ0v) is 8.05. The van der Waals surface area contributed by atoms with Gasteiger partial charge >= 0.3 is 0 Å². The fraction of sp³-hybridized carbons (Fsp3) is 1.00. The first kappa shape index (κ1) is 10.0. The summed E-state index contributed by atoms with van der Waals surface area (Å²) in [6.45, 7) is 2.76. The lowest BCUT2D eigenvalue weighted by Gasteiger charge is -2.33. The molecule has 0 heterocycles. The lowest BCUT2D eigenvalue weighted by molar-refractivity contribution is 0.00682. The fourth-order valence-electron chi connectivity index (χ4n) is 1.99. The van der Waals surface area contributed by atoms with E-state index in [-0.39, 0.29) is 5.60 Å². The highest BCUT2D eigenvalue weighted by Gasteiger charge is 2.27. The molecule has 1 saturated carbocycles. The van der Waals surface area contributed by atoms with E-state index in [1.807, 2.05) is 6.92 Å². The number of aliphatic hydroxyl groups is 1. The molecule has 0 unspecified atom stereocenters. The maximum Gasteiger partial charge on any atom is 0.0620 e. The van der Waals surface area contributed by atoms with Gasteiger partial charge in [0.05, 0.1) is 5.60 Å². The van der Waals surface area contributed by atoms with Gasteiger partial charge in [-0.25, -0.2) is 0 Å². The molecular formula is C10H21NO. The van der Waals surface area contributed by atoms with Gasteiger partial charge in [-0.3, -0.25) is 0 Å². The van der Waals surface area contributed by atoms with Crippen LogP contribution in [0, 0.1) is 5.92 Å². The predicted octanol–water partition coefficient (Wildman–Crippen LogP) is 1.67. The van der Waals surface area contributed by atoms with Gasteiger partial charge < -0.3 is 10.8 Å². The smallest absolute Gasteiger partial charge is 0.0620 e. The largest absolute Gasteiger partial charge is 0.390 e. The summed E-state index contributed by atoms with van der Waals surface area (Å²) >= 11 is 0. The standard InChI is InChI=1S/C10H21NO/c1-10(12)6-4-9(5-7-10)3-2-8-11/h9,12H,2-8,11H2,1H3. The summed E-state index contributed by atoms with van der Waals surface area (Å²) in [5.74, 6) is 0.828. The molecule has 0 bridgehead atoms. The molecule has 3 N–H and O–H groups in total. The van der Waals surface area contributed by atoms with Gasteiger partial charge in [0.1, 0.15) is 0 Å². The van der Waals surface area contributed by atoms with Gasteiger partial charge in [-0.1, -0.05) is 0 Å². The Balaban J connectivity index is 2.18. The minimum Gasteiger partial charge on any atom is -0.390 e. The average molecular weight is 171 g/mol. The van der Waals surface area contributed by atoms with E-state index >= 15 is 0 Å². The third-order valence-corrected chi connectivity index (χ3v) is 3.00. The van der Waals surface area contributed by atoms with Gasteiger partial charge in [0.2, 0.25) is 0 Å². The Labute approximate surface area is 75.2 Å². The third kappa shape index (κ3) is 3.11. The van der Waals surface area contributed by atoms with E-state index < -0.39 is 0 Å². The fourth-order valence-corrected chi connectivity index (χ4v) is 1.99. The van der Waals surface area contributed by atoms with Crippen molar-refractivity contribution in [2.24, 2.45) is 11.7 Å². The van der Waals surface area contributed by atoms with Crippen LogP contribution in [0.2, 0.25) is 0 Å². The number of nitrogens with two attached hydrogens (primary N) is 1. The van der Waals surface area contributed by atoms with Crippen LogP contribution in [0.25, 0.3) is 0 Å². The van der Waals surface area contributed by atoms with Crippen molar-refractivity contribution in [3.63, 3.8) is 0 Å². The van der Waals surface area contributed by atoms with E-state index in [4.69, 9.17) is 5.73 Å². The van der Waals surface area contributed by atoms with Gasteiger partial charge in [0.25, 0.3) is 0 Å². The Morgan fingerprint density at radius 2 is 2.00 bits per heavy atom. The molecular weight excluding hydrogens is 150 g/mol. The van der Waals surface area contributed by atoms with E-state index in [1.165, 1.54) is 19.3 Å². The molecule has 0 saturated heterocycles. The van der Waals surface area contributed by atoms with Crippen molar-refractivity contribution in [3.8, 4) is 0 Å². The Bertz CT molecular complexity index is 124. The quantitative estimate of drug-likeness (QED) is 0.678. The minimum atomic E-state index is -0.376. The van der Waals surface area contributed by atoms with Crippen LogP contribution < -0.4 is 5.73 Å². The second-order valence-corrected chi connectivity index (χ2v) is 4.37. The molecule has 72 valence electrons. The minimum absolute atomic E-state index is 0.376. The van der Waals surface area contributed by atoms with Crippen molar-refractivity contribution < 1.29 is 5.11 Å². The summed E-state index contributed by atoms with van der Waals surface area (Å²) in [5.41, 5.74) is 5.07. The van der Waals surface area contributed by atoms with Crippen molar-refractivity contribution in [3.05, 3.63) is 0 Å². The van der Waals surface area contributed by atoms with Crippen molar-refractivity contribution in [2.75, 3.05) is 6.54 Å². The van der Waals surface area contributed by atoms with Crippen molar-refractivity contribution in [2.45, 2.75) is 51.0 Å². The van der Waals surface area contributed by atoms with Crippen LogP contribution in [0.1, 0.15) is 45.4 Å². The molecule has 1 aliphatic carbocycles.